The maximum absolute atomic E-state index is 6.02. The molecule has 1 spiro atoms. The van der Waals surface area contributed by atoms with Crippen molar-refractivity contribution in [1.82, 2.24) is 0 Å². The van der Waals surface area contributed by atoms with E-state index in [1.165, 1.54) is 5.56 Å². The molecule has 68 valence electrons. The number of halogens is 1. The van der Waals surface area contributed by atoms with Gasteiger partial charge in [0.1, 0.15) is 0 Å². The summed E-state index contributed by atoms with van der Waals surface area (Å²) < 4.78 is 11.2. The average molecular weight is 197 g/mol. The summed E-state index contributed by atoms with van der Waals surface area (Å²) in [5.74, 6) is -0.444. The number of benzene rings is 1. The molecule has 0 atom stereocenters. The van der Waals surface area contributed by atoms with Gasteiger partial charge in [-0.3, -0.25) is 0 Å². The molecule has 0 aromatic heterocycles. The summed E-state index contributed by atoms with van der Waals surface area (Å²) in [4.78, 5) is 0. The molecule has 0 unspecified atom stereocenters. The lowest BCUT2D eigenvalue weighted by molar-refractivity contribution is -0.182. The van der Waals surface area contributed by atoms with E-state index in [2.05, 4.69) is 0 Å². The first-order chi connectivity index (χ1) is 6.32. The molecule has 1 aliphatic heterocycles. The van der Waals surface area contributed by atoms with E-state index in [4.69, 9.17) is 21.1 Å². The van der Waals surface area contributed by atoms with Crippen molar-refractivity contribution in [2.45, 2.75) is 12.2 Å². The highest BCUT2D eigenvalue weighted by atomic mass is 35.5. The van der Waals surface area contributed by atoms with Crippen molar-refractivity contribution in [3.8, 4) is 0 Å². The van der Waals surface area contributed by atoms with Crippen LogP contribution in [0.3, 0.4) is 0 Å². The molecule has 3 heteroatoms. The largest absolute Gasteiger partial charge is 0.343 e. The van der Waals surface area contributed by atoms with Crippen LogP contribution < -0.4 is 0 Å². The van der Waals surface area contributed by atoms with E-state index in [-0.39, 0.29) is 0 Å². The van der Waals surface area contributed by atoms with E-state index in [1.54, 1.807) is 0 Å². The third kappa shape index (κ3) is 0.909. The monoisotopic (exact) mass is 196 g/mol. The SMILES string of the molecule is Clc1cccc2c1CC21OCCO1. The maximum atomic E-state index is 6.02. The van der Waals surface area contributed by atoms with Crippen molar-refractivity contribution in [2.75, 3.05) is 13.2 Å². The lowest BCUT2D eigenvalue weighted by Crippen LogP contribution is -2.39. The second kappa shape index (κ2) is 2.47. The minimum Gasteiger partial charge on any atom is -0.343 e. The molecule has 3 rings (SSSR count). The van der Waals surface area contributed by atoms with Crippen LogP contribution in [0.15, 0.2) is 18.2 Å². The third-order valence-corrected chi connectivity index (χ3v) is 3.05. The van der Waals surface area contributed by atoms with Gasteiger partial charge in [-0.25, -0.2) is 0 Å². The van der Waals surface area contributed by atoms with Crippen LogP contribution in [0.4, 0.5) is 0 Å². The Hall–Kier alpha value is -0.570. The molecule has 0 saturated carbocycles. The third-order valence-electron chi connectivity index (χ3n) is 2.69. The number of ether oxygens (including phenoxy) is 2. The molecule has 1 heterocycles. The first-order valence-electron chi connectivity index (χ1n) is 4.38. The molecule has 2 nitrogen and oxygen atoms in total. The quantitative estimate of drug-likeness (QED) is 0.633. The molecule has 1 aliphatic carbocycles. The Bertz CT molecular complexity index is 356. The second-order valence-electron chi connectivity index (χ2n) is 3.39. The second-order valence-corrected chi connectivity index (χ2v) is 3.80. The van der Waals surface area contributed by atoms with E-state index < -0.39 is 5.79 Å². The van der Waals surface area contributed by atoms with E-state index in [0.29, 0.717) is 13.2 Å². The van der Waals surface area contributed by atoms with Crippen LogP contribution in [0, 0.1) is 0 Å². The fourth-order valence-electron chi connectivity index (χ4n) is 2.03. The fraction of sp³-hybridized carbons (Fsp3) is 0.400. The van der Waals surface area contributed by atoms with Crippen molar-refractivity contribution >= 4 is 11.6 Å². The normalized spacial score (nSPS) is 22.8. The van der Waals surface area contributed by atoms with E-state index in [0.717, 1.165) is 17.0 Å². The Morgan fingerprint density at radius 2 is 2.00 bits per heavy atom. The van der Waals surface area contributed by atoms with Gasteiger partial charge in [0.25, 0.3) is 0 Å². The van der Waals surface area contributed by atoms with Gasteiger partial charge in [0.15, 0.2) is 5.79 Å². The average Bonchev–Trinajstić information content (AvgIpc) is 2.58. The Balaban J connectivity index is 2.09. The Labute approximate surface area is 81.4 Å². The molecule has 0 bridgehead atoms. The van der Waals surface area contributed by atoms with Crippen LogP contribution in [-0.4, -0.2) is 13.2 Å². The molecule has 0 amide bonds. The van der Waals surface area contributed by atoms with Gasteiger partial charge in [-0.05, 0) is 11.6 Å². The number of rotatable bonds is 0. The number of hydrogen-bond acceptors (Lipinski definition) is 2. The van der Waals surface area contributed by atoms with Crippen molar-refractivity contribution in [2.24, 2.45) is 0 Å². The minimum absolute atomic E-state index is 0.444. The molecular weight excluding hydrogens is 188 g/mol. The summed E-state index contributed by atoms with van der Waals surface area (Å²) in [6.07, 6.45) is 0.794. The first kappa shape index (κ1) is 7.80. The molecule has 2 aliphatic rings. The van der Waals surface area contributed by atoms with Gasteiger partial charge >= 0.3 is 0 Å². The smallest absolute Gasteiger partial charge is 0.199 e. The van der Waals surface area contributed by atoms with Gasteiger partial charge in [-0.15, -0.1) is 0 Å². The van der Waals surface area contributed by atoms with Crippen LogP contribution in [-0.2, 0) is 21.7 Å². The van der Waals surface area contributed by atoms with Crippen LogP contribution in [0.2, 0.25) is 5.02 Å². The molecule has 13 heavy (non-hydrogen) atoms. The predicted molar refractivity (Wildman–Crippen MR) is 48.7 cm³/mol. The highest BCUT2D eigenvalue weighted by Crippen LogP contribution is 2.47. The fourth-order valence-corrected chi connectivity index (χ4v) is 2.27. The summed E-state index contributed by atoms with van der Waals surface area (Å²) in [7, 11) is 0. The zero-order valence-electron chi connectivity index (χ0n) is 7.05. The summed E-state index contributed by atoms with van der Waals surface area (Å²) in [5, 5.41) is 0.822. The molecule has 1 aromatic rings. The molecule has 0 radical (unpaired) electrons. The topological polar surface area (TPSA) is 18.5 Å². The standard InChI is InChI=1S/C10H9ClO2/c11-9-3-1-2-8-7(9)6-10(8)12-4-5-13-10/h1-3H,4-6H2. The van der Waals surface area contributed by atoms with Crippen molar-refractivity contribution in [3.05, 3.63) is 34.3 Å². The Morgan fingerprint density at radius 3 is 2.77 bits per heavy atom. The molecule has 1 fully saturated rings. The van der Waals surface area contributed by atoms with Crippen molar-refractivity contribution in [1.29, 1.82) is 0 Å². The van der Waals surface area contributed by atoms with Gasteiger partial charge in [0.2, 0.25) is 0 Å². The van der Waals surface area contributed by atoms with Gasteiger partial charge in [-0.1, -0.05) is 23.7 Å². The Morgan fingerprint density at radius 1 is 1.23 bits per heavy atom. The highest BCUT2D eigenvalue weighted by molar-refractivity contribution is 6.31. The predicted octanol–water partition coefficient (Wildman–Crippen LogP) is 2.10. The minimum atomic E-state index is -0.444. The molecule has 1 saturated heterocycles. The van der Waals surface area contributed by atoms with Crippen molar-refractivity contribution in [3.63, 3.8) is 0 Å². The van der Waals surface area contributed by atoms with E-state index >= 15 is 0 Å². The van der Waals surface area contributed by atoms with Crippen LogP contribution in [0.5, 0.6) is 0 Å². The summed E-state index contributed by atoms with van der Waals surface area (Å²) in [5.41, 5.74) is 2.28. The van der Waals surface area contributed by atoms with Crippen LogP contribution in [0.25, 0.3) is 0 Å². The first-order valence-corrected chi connectivity index (χ1v) is 4.75. The van der Waals surface area contributed by atoms with Gasteiger partial charge < -0.3 is 9.47 Å². The summed E-state index contributed by atoms with van der Waals surface area (Å²) in [6.45, 7) is 1.37. The van der Waals surface area contributed by atoms with E-state index in [9.17, 15) is 0 Å². The number of fused-ring (bicyclic) bond motifs is 2. The van der Waals surface area contributed by atoms with Crippen LogP contribution in [0.1, 0.15) is 11.1 Å². The molecule has 1 aromatic carbocycles. The zero-order valence-corrected chi connectivity index (χ0v) is 7.80. The van der Waals surface area contributed by atoms with E-state index in [1.807, 2.05) is 18.2 Å². The zero-order chi connectivity index (χ0) is 8.89. The Kier molecular flexibility index (Phi) is 1.48. The van der Waals surface area contributed by atoms with Gasteiger partial charge in [-0.2, -0.15) is 0 Å². The highest BCUT2D eigenvalue weighted by Gasteiger charge is 2.48. The maximum Gasteiger partial charge on any atom is 0.199 e. The molecule has 0 N–H and O–H groups in total. The summed E-state index contributed by atoms with van der Waals surface area (Å²) in [6, 6.07) is 5.87. The molecular formula is C10H9ClO2. The summed E-state index contributed by atoms with van der Waals surface area (Å²) >= 11 is 6.02. The van der Waals surface area contributed by atoms with Gasteiger partial charge in [0, 0.05) is 17.0 Å². The van der Waals surface area contributed by atoms with Gasteiger partial charge in [0.05, 0.1) is 13.2 Å². The lowest BCUT2D eigenvalue weighted by Gasteiger charge is -2.39. The van der Waals surface area contributed by atoms with Crippen molar-refractivity contribution < 1.29 is 9.47 Å². The number of hydrogen-bond donors (Lipinski definition) is 0. The lowest BCUT2D eigenvalue weighted by atomic mass is 9.82. The van der Waals surface area contributed by atoms with Crippen LogP contribution >= 0.6 is 11.6 Å².